The number of hydrogen-bond acceptors (Lipinski definition) is 3. The molecule has 124 valence electrons. The molecule has 1 heterocycles. The van der Waals surface area contributed by atoms with Crippen LogP contribution >= 0.6 is 11.6 Å². The number of fused-ring (bicyclic) bond motifs is 1. The lowest BCUT2D eigenvalue weighted by Gasteiger charge is -2.27. The van der Waals surface area contributed by atoms with Gasteiger partial charge in [0.1, 0.15) is 0 Å². The van der Waals surface area contributed by atoms with E-state index in [1.165, 1.54) is 0 Å². The van der Waals surface area contributed by atoms with E-state index in [-0.39, 0.29) is 11.7 Å². The fourth-order valence-electron chi connectivity index (χ4n) is 3.24. The van der Waals surface area contributed by atoms with Gasteiger partial charge in [0.2, 0.25) is 10.0 Å². The molecule has 0 fully saturated rings. The monoisotopic (exact) mass is 353 g/mol. The Morgan fingerprint density at radius 2 is 2.26 bits per heavy atom. The smallest absolute Gasteiger partial charge is 0.232 e. The van der Waals surface area contributed by atoms with Crippen molar-refractivity contribution in [3.05, 3.63) is 46.5 Å². The predicted molar refractivity (Wildman–Crippen MR) is 92.5 cm³/mol. The van der Waals surface area contributed by atoms with Crippen molar-refractivity contribution in [2.24, 2.45) is 0 Å². The Balaban J connectivity index is 2.03. The molecule has 0 amide bonds. The minimum absolute atomic E-state index is 0.109. The minimum atomic E-state index is -3.34. The number of hydrogen-bond donors (Lipinski definition) is 2. The molecule has 0 aliphatic heterocycles. The molecule has 1 atom stereocenters. The summed E-state index contributed by atoms with van der Waals surface area (Å²) in [4.78, 5) is 7.26. The number of aromatic amines is 1. The first kappa shape index (κ1) is 16.3. The number of aromatic nitrogens is 2. The number of rotatable bonds is 5. The van der Waals surface area contributed by atoms with Crippen molar-refractivity contribution >= 4 is 27.3 Å². The molecule has 1 aliphatic carbocycles. The van der Waals surface area contributed by atoms with Gasteiger partial charge in [-0.3, -0.25) is 4.72 Å². The van der Waals surface area contributed by atoms with Gasteiger partial charge in [0, 0.05) is 22.8 Å². The summed E-state index contributed by atoms with van der Waals surface area (Å²) in [5.41, 5.74) is 3.78. The van der Waals surface area contributed by atoms with E-state index in [1.807, 2.05) is 19.2 Å². The molecule has 2 aromatic rings. The van der Waals surface area contributed by atoms with Crippen LogP contribution in [0.4, 0.5) is 5.69 Å². The van der Waals surface area contributed by atoms with Crippen LogP contribution in [0.15, 0.2) is 24.7 Å². The fourth-order valence-corrected chi connectivity index (χ4v) is 4.63. The zero-order chi connectivity index (χ0) is 16.4. The normalized spacial score (nSPS) is 17.7. The van der Waals surface area contributed by atoms with Gasteiger partial charge in [0.25, 0.3) is 0 Å². The van der Waals surface area contributed by atoms with Crippen molar-refractivity contribution < 1.29 is 8.42 Å². The topological polar surface area (TPSA) is 74.8 Å². The predicted octanol–water partition coefficient (Wildman–Crippen LogP) is 3.68. The van der Waals surface area contributed by atoms with Crippen LogP contribution in [0.3, 0.4) is 0 Å². The molecule has 0 saturated heterocycles. The molecule has 0 saturated carbocycles. The van der Waals surface area contributed by atoms with Crippen LogP contribution in [0.1, 0.15) is 48.9 Å². The number of H-pyrrole nitrogens is 1. The average Bonchev–Trinajstić information content (AvgIpc) is 3.00. The van der Waals surface area contributed by atoms with E-state index >= 15 is 0 Å². The lowest BCUT2D eigenvalue weighted by molar-refractivity contribution is 0.598. The number of nitrogens with zero attached hydrogens (tertiary/aromatic N) is 1. The number of nitrogens with one attached hydrogen (secondary N) is 2. The maximum Gasteiger partial charge on any atom is 0.232 e. The molecule has 0 spiro atoms. The summed E-state index contributed by atoms with van der Waals surface area (Å²) in [6.45, 7) is 1.85. The van der Waals surface area contributed by atoms with Gasteiger partial charge in [-0.25, -0.2) is 13.4 Å². The van der Waals surface area contributed by atoms with E-state index in [0.29, 0.717) is 17.1 Å². The molecule has 1 aliphatic rings. The van der Waals surface area contributed by atoms with E-state index < -0.39 is 10.0 Å². The number of imidazole rings is 1. The SMILES string of the molecule is CCCS(=O)(=O)Nc1cc(Cl)cc2c1CCCC2c1cnc[nH]1. The molecule has 2 N–H and O–H groups in total. The first-order valence-electron chi connectivity index (χ1n) is 7.81. The molecular weight excluding hydrogens is 334 g/mol. The molecule has 7 heteroatoms. The van der Waals surface area contributed by atoms with Gasteiger partial charge in [-0.1, -0.05) is 18.5 Å². The first-order valence-corrected chi connectivity index (χ1v) is 9.84. The molecule has 0 bridgehead atoms. The third-order valence-corrected chi connectivity index (χ3v) is 5.87. The highest BCUT2D eigenvalue weighted by atomic mass is 35.5. The van der Waals surface area contributed by atoms with Gasteiger partial charge in [0.05, 0.1) is 17.8 Å². The Morgan fingerprint density at radius 3 is 2.96 bits per heavy atom. The second kappa shape index (κ2) is 6.53. The van der Waals surface area contributed by atoms with Crippen molar-refractivity contribution in [3.63, 3.8) is 0 Å². The van der Waals surface area contributed by atoms with E-state index in [9.17, 15) is 8.42 Å². The molecule has 1 aromatic carbocycles. The lowest BCUT2D eigenvalue weighted by Crippen LogP contribution is -2.20. The number of halogens is 1. The Hall–Kier alpha value is -1.53. The van der Waals surface area contributed by atoms with Crippen LogP contribution in [0.25, 0.3) is 0 Å². The fraction of sp³-hybridized carbons (Fsp3) is 0.438. The number of sulfonamides is 1. The number of benzene rings is 1. The highest BCUT2D eigenvalue weighted by molar-refractivity contribution is 7.92. The molecule has 23 heavy (non-hydrogen) atoms. The Bertz CT molecular complexity index is 788. The van der Waals surface area contributed by atoms with Crippen LogP contribution in [0.2, 0.25) is 5.02 Å². The lowest BCUT2D eigenvalue weighted by atomic mass is 9.80. The van der Waals surface area contributed by atoms with Crippen molar-refractivity contribution in [1.29, 1.82) is 0 Å². The summed E-state index contributed by atoms with van der Waals surface area (Å²) >= 11 is 6.25. The van der Waals surface area contributed by atoms with Crippen LogP contribution in [-0.4, -0.2) is 24.1 Å². The molecule has 3 rings (SSSR count). The van der Waals surface area contributed by atoms with Crippen LogP contribution < -0.4 is 4.72 Å². The van der Waals surface area contributed by atoms with Crippen molar-refractivity contribution in [3.8, 4) is 0 Å². The van der Waals surface area contributed by atoms with Gasteiger partial charge in [-0.15, -0.1) is 0 Å². The van der Waals surface area contributed by atoms with Crippen LogP contribution in [0.5, 0.6) is 0 Å². The largest absolute Gasteiger partial charge is 0.348 e. The quantitative estimate of drug-likeness (QED) is 0.860. The first-order chi connectivity index (χ1) is 11.0. The maximum absolute atomic E-state index is 12.1. The highest BCUT2D eigenvalue weighted by Gasteiger charge is 2.26. The Morgan fingerprint density at radius 1 is 1.43 bits per heavy atom. The summed E-state index contributed by atoms with van der Waals surface area (Å²) in [6.07, 6.45) is 6.91. The Kier molecular flexibility index (Phi) is 4.64. The third kappa shape index (κ3) is 3.53. The van der Waals surface area contributed by atoms with Crippen molar-refractivity contribution in [2.45, 2.75) is 38.5 Å². The van der Waals surface area contributed by atoms with E-state index in [2.05, 4.69) is 14.7 Å². The molecule has 1 aromatic heterocycles. The second-order valence-corrected chi connectivity index (χ2v) is 8.17. The molecule has 0 radical (unpaired) electrons. The zero-order valence-corrected chi connectivity index (χ0v) is 14.5. The Labute approximate surface area is 141 Å². The van der Waals surface area contributed by atoms with Gasteiger partial charge in [0.15, 0.2) is 0 Å². The molecule has 5 nitrogen and oxygen atoms in total. The maximum atomic E-state index is 12.1. The van der Waals surface area contributed by atoms with Crippen LogP contribution in [-0.2, 0) is 16.4 Å². The van der Waals surface area contributed by atoms with Crippen LogP contribution in [0, 0.1) is 0 Å². The summed E-state index contributed by atoms with van der Waals surface area (Å²) in [6, 6.07) is 3.65. The summed E-state index contributed by atoms with van der Waals surface area (Å²) in [5.74, 6) is 0.285. The third-order valence-electron chi connectivity index (χ3n) is 4.18. The standard InChI is InChI=1S/C16H20ClN3O2S/c1-2-6-23(21,22)20-15-8-11(17)7-14-12(15)4-3-5-13(14)16-9-18-10-19-16/h7-10,13,20H,2-6H2,1H3,(H,18,19). The summed E-state index contributed by atoms with van der Waals surface area (Å²) in [5, 5.41) is 0.546. The highest BCUT2D eigenvalue weighted by Crippen LogP contribution is 2.40. The zero-order valence-electron chi connectivity index (χ0n) is 13.0. The van der Waals surface area contributed by atoms with E-state index in [0.717, 1.165) is 36.1 Å². The average molecular weight is 354 g/mol. The number of anilines is 1. The molecular formula is C16H20ClN3O2S. The van der Waals surface area contributed by atoms with E-state index in [4.69, 9.17) is 11.6 Å². The van der Waals surface area contributed by atoms with Crippen molar-refractivity contribution in [1.82, 2.24) is 9.97 Å². The van der Waals surface area contributed by atoms with E-state index in [1.54, 1.807) is 12.4 Å². The van der Waals surface area contributed by atoms with Gasteiger partial charge in [-0.2, -0.15) is 0 Å². The summed E-state index contributed by atoms with van der Waals surface area (Å²) in [7, 11) is -3.34. The second-order valence-electron chi connectivity index (χ2n) is 5.89. The summed E-state index contributed by atoms with van der Waals surface area (Å²) < 4.78 is 27.0. The van der Waals surface area contributed by atoms with Gasteiger partial charge in [-0.05, 0) is 48.9 Å². The minimum Gasteiger partial charge on any atom is -0.348 e. The van der Waals surface area contributed by atoms with Gasteiger partial charge < -0.3 is 4.98 Å². The molecule has 1 unspecified atom stereocenters. The van der Waals surface area contributed by atoms with Gasteiger partial charge >= 0.3 is 0 Å². The van der Waals surface area contributed by atoms with Crippen molar-refractivity contribution in [2.75, 3.05) is 10.5 Å².